The number of nitrogens with zero attached hydrogens (tertiary/aromatic N) is 1. The van der Waals surface area contributed by atoms with Crippen LogP contribution < -0.4 is 5.73 Å². The van der Waals surface area contributed by atoms with Crippen LogP contribution in [0.3, 0.4) is 0 Å². The minimum atomic E-state index is -0.641. The molecule has 0 saturated carbocycles. The van der Waals surface area contributed by atoms with E-state index in [0.717, 1.165) is 0 Å². The number of hydrogen-bond donors (Lipinski definition) is 1. The lowest BCUT2D eigenvalue weighted by atomic mass is 9.74. The molecule has 1 amide bonds. The van der Waals surface area contributed by atoms with Crippen molar-refractivity contribution in [2.75, 3.05) is 14.2 Å². The fourth-order valence-electron chi connectivity index (χ4n) is 0.752. The molecule has 0 aliphatic rings. The topological polar surface area (TPSA) is 55.6 Å². The monoisotopic (exact) mass is 188 g/mol. The molecule has 0 aromatic rings. The normalized spacial score (nSPS) is 12.8. The Kier molecular flexibility index (Phi) is 3.47. The number of hydroxylamine groups is 2. The van der Waals surface area contributed by atoms with Gasteiger partial charge in [-0.3, -0.25) is 9.63 Å². The summed E-state index contributed by atoms with van der Waals surface area (Å²) in [5.41, 5.74) is 4.69. The number of amides is 1. The molecule has 0 aliphatic heterocycles. The molecule has 0 aromatic heterocycles. The van der Waals surface area contributed by atoms with E-state index >= 15 is 0 Å². The minimum Gasteiger partial charge on any atom is -0.325 e. The van der Waals surface area contributed by atoms with Crippen molar-refractivity contribution in [1.29, 1.82) is 0 Å². The van der Waals surface area contributed by atoms with Gasteiger partial charge in [0.1, 0.15) is 0 Å². The Morgan fingerprint density at radius 2 is 1.69 bits per heavy atom. The number of hydrogen-bond acceptors (Lipinski definition) is 3. The van der Waals surface area contributed by atoms with Crippen molar-refractivity contribution in [2.45, 2.75) is 33.2 Å². The van der Waals surface area contributed by atoms with Crippen LogP contribution in [0.2, 0.25) is 0 Å². The van der Waals surface area contributed by atoms with Gasteiger partial charge in [-0.15, -0.1) is 0 Å². The highest BCUT2D eigenvalue weighted by atomic mass is 16.7. The van der Waals surface area contributed by atoms with Crippen molar-refractivity contribution in [3.8, 4) is 0 Å². The molecule has 0 radical (unpaired) electrons. The van der Waals surface area contributed by atoms with Crippen LogP contribution >= 0.6 is 0 Å². The van der Waals surface area contributed by atoms with Gasteiger partial charge in [-0.05, 0) is 27.7 Å². The van der Waals surface area contributed by atoms with E-state index in [2.05, 4.69) is 0 Å². The van der Waals surface area contributed by atoms with Crippen LogP contribution in [0.4, 0.5) is 0 Å². The Bertz CT molecular complexity index is 194. The molecular formula is C9H20N2O2. The zero-order valence-corrected chi connectivity index (χ0v) is 9.34. The van der Waals surface area contributed by atoms with Gasteiger partial charge in [0, 0.05) is 12.6 Å². The summed E-state index contributed by atoms with van der Waals surface area (Å²) in [6.45, 7) is 7.28. The molecule has 0 saturated heterocycles. The van der Waals surface area contributed by atoms with E-state index in [1.807, 2.05) is 27.7 Å². The Balaban J connectivity index is 4.75. The van der Waals surface area contributed by atoms with Crippen LogP contribution in [-0.2, 0) is 9.63 Å². The summed E-state index contributed by atoms with van der Waals surface area (Å²) in [5, 5.41) is 1.20. The lowest BCUT2D eigenvalue weighted by molar-refractivity contribution is -0.181. The van der Waals surface area contributed by atoms with Crippen molar-refractivity contribution < 1.29 is 9.63 Å². The summed E-state index contributed by atoms with van der Waals surface area (Å²) in [6, 6.07) is 0. The Hall–Kier alpha value is -0.610. The SMILES string of the molecule is CON(C)C(=O)C(C)(C)C(C)(C)N. The second kappa shape index (κ2) is 3.64. The molecule has 2 N–H and O–H groups in total. The first-order valence-corrected chi connectivity index (χ1v) is 4.25. The number of rotatable bonds is 3. The molecule has 0 bridgehead atoms. The summed E-state index contributed by atoms with van der Waals surface area (Å²) >= 11 is 0. The van der Waals surface area contributed by atoms with E-state index in [4.69, 9.17) is 10.6 Å². The van der Waals surface area contributed by atoms with E-state index < -0.39 is 11.0 Å². The summed E-state index contributed by atoms with van der Waals surface area (Å²) in [5.74, 6) is -0.123. The maximum absolute atomic E-state index is 11.8. The van der Waals surface area contributed by atoms with Crippen LogP contribution in [0.15, 0.2) is 0 Å². The second-order valence-corrected chi connectivity index (χ2v) is 4.33. The second-order valence-electron chi connectivity index (χ2n) is 4.33. The molecule has 13 heavy (non-hydrogen) atoms. The fraction of sp³-hybridized carbons (Fsp3) is 0.889. The third-order valence-electron chi connectivity index (χ3n) is 2.71. The van der Waals surface area contributed by atoms with Gasteiger partial charge in [0.05, 0.1) is 12.5 Å². The van der Waals surface area contributed by atoms with Gasteiger partial charge in [0.15, 0.2) is 0 Å². The van der Waals surface area contributed by atoms with Crippen molar-refractivity contribution in [3.63, 3.8) is 0 Å². The molecule has 0 spiro atoms. The van der Waals surface area contributed by atoms with Gasteiger partial charge in [0.2, 0.25) is 0 Å². The molecule has 0 rings (SSSR count). The largest absolute Gasteiger partial charge is 0.325 e. The lowest BCUT2D eigenvalue weighted by Gasteiger charge is -2.38. The van der Waals surface area contributed by atoms with Crippen LogP contribution in [0.25, 0.3) is 0 Å². The highest BCUT2D eigenvalue weighted by molar-refractivity contribution is 5.82. The average molecular weight is 188 g/mol. The Labute approximate surface area is 80.0 Å². The van der Waals surface area contributed by atoms with E-state index in [1.165, 1.54) is 12.2 Å². The molecule has 0 fully saturated rings. The van der Waals surface area contributed by atoms with Crippen LogP contribution in [0.1, 0.15) is 27.7 Å². The van der Waals surface area contributed by atoms with Gasteiger partial charge < -0.3 is 5.73 Å². The zero-order chi connectivity index (χ0) is 10.9. The van der Waals surface area contributed by atoms with Crippen LogP contribution in [-0.4, -0.2) is 30.7 Å². The average Bonchev–Trinajstić information content (AvgIpc) is 1.99. The van der Waals surface area contributed by atoms with Gasteiger partial charge >= 0.3 is 0 Å². The molecule has 0 heterocycles. The highest BCUT2D eigenvalue weighted by Crippen LogP contribution is 2.30. The Morgan fingerprint density at radius 3 is 1.92 bits per heavy atom. The minimum absolute atomic E-state index is 0.123. The summed E-state index contributed by atoms with van der Waals surface area (Å²) < 4.78 is 0. The van der Waals surface area contributed by atoms with Crippen molar-refractivity contribution in [1.82, 2.24) is 5.06 Å². The molecule has 4 heteroatoms. The van der Waals surface area contributed by atoms with Gasteiger partial charge in [-0.1, -0.05) is 0 Å². The standard InChI is InChI=1S/C9H20N2O2/c1-8(2,9(3,4)10)7(12)11(5)13-6/h10H2,1-6H3. The quantitative estimate of drug-likeness (QED) is 0.665. The summed E-state index contributed by atoms with van der Waals surface area (Å²) in [6.07, 6.45) is 0. The molecule has 4 nitrogen and oxygen atoms in total. The molecule has 0 atom stereocenters. The summed E-state index contributed by atoms with van der Waals surface area (Å²) in [7, 11) is 3.04. The third-order valence-corrected chi connectivity index (χ3v) is 2.71. The van der Waals surface area contributed by atoms with E-state index in [0.29, 0.717) is 0 Å². The molecule has 78 valence electrons. The summed E-state index contributed by atoms with van der Waals surface area (Å²) in [4.78, 5) is 16.6. The van der Waals surface area contributed by atoms with Gasteiger partial charge in [0.25, 0.3) is 5.91 Å². The van der Waals surface area contributed by atoms with E-state index in [9.17, 15) is 4.79 Å². The molecule has 0 aliphatic carbocycles. The number of carbonyl (C=O) groups excluding carboxylic acids is 1. The van der Waals surface area contributed by atoms with Crippen LogP contribution in [0.5, 0.6) is 0 Å². The van der Waals surface area contributed by atoms with E-state index in [-0.39, 0.29) is 5.91 Å². The maximum Gasteiger partial charge on any atom is 0.253 e. The van der Waals surface area contributed by atoms with Gasteiger partial charge in [-0.25, -0.2) is 5.06 Å². The first kappa shape index (κ1) is 12.4. The Morgan fingerprint density at radius 1 is 1.31 bits per heavy atom. The first-order valence-electron chi connectivity index (χ1n) is 4.25. The zero-order valence-electron chi connectivity index (χ0n) is 9.34. The maximum atomic E-state index is 11.8. The predicted molar refractivity (Wildman–Crippen MR) is 51.8 cm³/mol. The smallest absolute Gasteiger partial charge is 0.253 e. The number of carbonyl (C=O) groups is 1. The molecule has 0 unspecified atom stereocenters. The lowest BCUT2D eigenvalue weighted by Crippen LogP contribution is -2.55. The predicted octanol–water partition coefficient (Wildman–Crippen LogP) is 0.770. The van der Waals surface area contributed by atoms with Crippen molar-refractivity contribution >= 4 is 5.91 Å². The third kappa shape index (κ3) is 2.42. The highest BCUT2D eigenvalue weighted by Gasteiger charge is 2.42. The van der Waals surface area contributed by atoms with Crippen LogP contribution in [0, 0.1) is 5.41 Å². The van der Waals surface area contributed by atoms with Gasteiger partial charge in [-0.2, -0.15) is 0 Å². The fourth-order valence-corrected chi connectivity index (χ4v) is 0.752. The van der Waals surface area contributed by atoms with Crippen molar-refractivity contribution in [2.24, 2.45) is 11.1 Å². The molecule has 0 aromatic carbocycles. The first-order chi connectivity index (χ1) is 5.64. The number of nitrogens with two attached hydrogens (primary N) is 1. The molecular weight excluding hydrogens is 168 g/mol. The van der Waals surface area contributed by atoms with E-state index in [1.54, 1.807) is 7.05 Å². The van der Waals surface area contributed by atoms with Crippen molar-refractivity contribution in [3.05, 3.63) is 0 Å².